The molecule has 24 heavy (non-hydrogen) atoms. The van der Waals surface area contributed by atoms with Crippen molar-refractivity contribution < 1.29 is 14.6 Å². The quantitative estimate of drug-likeness (QED) is 0.880. The highest BCUT2D eigenvalue weighted by Crippen LogP contribution is 2.32. The fourth-order valence-electron chi connectivity index (χ4n) is 4.01. The Morgan fingerprint density at radius 2 is 1.88 bits per heavy atom. The van der Waals surface area contributed by atoms with Gasteiger partial charge in [-0.05, 0) is 31.7 Å². The summed E-state index contributed by atoms with van der Waals surface area (Å²) in [6, 6.07) is 5.68. The van der Waals surface area contributed by atoms with Crippen LogP contribution in [-0.2, 0) is 0 Å². The maximum absolute atomic E-state index is 12.2. The molecule has 0 aromatic carbocycles. The normalized spacial score (nSPS) is 25.2. The molecule has 1 aromatic heterocycles. The second-order valence-corrected chi connectivity index (χ2v) is 7.10. The van der Waals surface area contributed by atoms with Crippen molar-refractivity contribution in [3.8, 4) is 5.88 Å². The molecule has 1 aromatic rings. The van der Waals surface area contributed by atoms with E-state index in [4.69, 9.17) is 4.74 Å². The fraction of sp³-hybridized carbons (Fsp3) is 0.684. The minimum absolute atomic E-state index is 0.00206. The van der Waals surface area contributed by atoms with Crippen molar-refractivity contribution in [1.82, 2.24) is 10.3 Å². The van der Waals surface area contributed by atoms with E-state index in [1.807, 2.05) is 12.1 Å². The first-order chi connectivity index (χ1) is 11.8. The topological polar surface area (TPSA) is 71.5 Å². The Morgan fingerprint density at radius 3 is 2.67 bits per heavy atom. The number of aromatic nitrogens is 1. The second kappa shape index (κ2) is 8.47. The molecule has 1 heterocycles. The van der Waals surface area contributed by atoms with Gasteiger partial charge in [-0.1, -0.05) is 38.2 Å². The average molecular weight is 332 g/mol. The van der Waals surface area contributed by atoms with Crippen molar-refractivity contribution in [2.75, 3.05) is 6.61 Å². The summed E-state index contributed by atoms with van der Waals surface area (Å²) in [4.78, 5) is 16.7. The zero-order valence-corrected chi connectivity index (χ0v) is 14.2. The van der Waals surface area contributed by atoms with Gasteiger partial charge in [0, 0.05) is 36.2 Å². The van der Waals surface area contributed by atoms with Gasteiger partial charge in [0.15, 0.2) is 0 Å². The largest absolute Gasteiger partial charge is 0.414 e. The van der Waals surface area contributed by atoms with Crippen LogP contribution in [-0.4, -0.2) is 28.8 Å². The van der Waals surface area contributed by atoms with Crippen LogP contribution in [0, 0.1) is 5.92 Å². The van der Waals surface area contributed by atoms with Crippen LogP contribution in [0.4, 0.5) is 4.79 Å². The lowest BCUT2D eigenvalue weighted by molar-refractivity contribution is 0.142. The van der Waals surface area contributed by atoms with Crippen LogP contribution in [0.1, 0.15) is 69.4 Å². The Labute approximate surface area is 143 Å². The molecule has 2 aliphatic rings. The SMILES string of the molecule is O=C(NC1CCCCC1CO)Oc1cccc(C2CCCCC2)n1. The van der Waals surface area contributed by atoms with E-state index in [1.165, 1.54) is 32.1 Å². The number of carbonyl (C=O) groups is 1. The predicted molar refractivity (Wildman–Crippen MR) is 92.1 cm³/mol. The van der Waals surface area contributed by atoms with Gasteiger partial charge < -0.3 is 15.2 Å². The number of aliphatic hydroxyl groups is 1. The van der Waals surface area contributed by atoms with Crippen LogP contribution in [0.3, 0.4) is 0 Å². The standard InChI is InChI=1S/C19H28N2O3/c22-13-15-9-4-5-10-17(15)21-19(23)24-18-12-6-11-16(20-18)14-7-2-1-3-8-14/h6,11-12,14-15,17,22H,1-5,7-10,13H2,(H,21,23). The lowest BCUT2D eigenvalue weighted by Crippen LogP contribution is -2.44. The van der Waals surface area contributed by atoms with Crippen LogP contribution in [0.5, 0.6) is 5.88 Å². The van der Waals surface area contributed by atoms with Gasteiger partial charge in [-0.15, -0.1) is 0 Å². The average Bonchev–Trinajstić information content (AvgIpc) is 2.63. The minimum atomic E-state index is -0.464. The van der Waals surface area contributed by atoms with Crippen molar-refractivity contribution in [3.63, 3.8) is 0 Å². The molecule has 2 N–H and O–H groups in total. The molecule has 2 fully saturated rings. The van der Waals surface area contributed by atoms with Crippen molar-refractivity contribution in [2.24, 2.45) is 5.92 Å². The molecule has 2 saturated carbocycles. The summed E-state index contributed by atoms with van der Waals surface area (Å²) in [5.74, 6) is 0.988. The zero-order chi connectivity index (χ0) is 16.8. The Hall–Kier alpha value is -1.62. The third-order valence-corrected chi connectivity index (χ3v) is 5.41. The number of rotatable bonds is 4. The van der Waals surface area contributed by atoms with Crippen LogP contribution in [0.25, 0.3) is 0 Å². The van der Waals surface area contributed by atoms with Crippen molar-refractivity contribution >= 4 is 6.09 Å². The van der Waals surface area contributed by atoms with Crippen LogP contribution in [0.15, 0.2) is 18.2 Å². The lowest BCUT2D eigenvalue weighted by Gasteiger charge is -2.30. The maximum atomic E-state index is 12.2. The predicted octanol–water partition coefficient (Wildman–Crippen LogP) is 3.77. The number of ether oxygens (including phenoxy) is 1. The number of aliphatic hydroxyl groups excluding tert-OH is 1. The highest BCUT2D eigenvalue weighted by molar-refractivity contribution is 5.70. The summed E-state index contributed by atoms with van der Waals surface area (Å²) < 4.78 is 5.40. The number of carbonyl (C=O) groups excluding carboxylic acids is 1. The first-order valence-corrected chi connectivity index (χ1v) is 9.32. The van der Waals surface area contributed by atoms with Crippen molar-refractivity contribution in [2.45, 2.75) is 69.7 Å². The molecule has 132 valence electrons. The molecule has 5 heteroatoms. The van der Waals surface area contributed by atoms with E-state index in [1.54, 1.807) is 6.07 Å². The van der Waals surface area contributed by atoms with E-state index in [2.05, 4.69) is 10.3 Å². The Kier molecular flexibility index (Phi) is 6.07. The summed E-state index contributed by atoms with van der Waals surface area (Å²) in [5, 5.41) is 12.3. The van der Waals surface area contributed by atoms with Crippen molar-refractivity contribution in [3.05, 3.63) is 23.9 Å². The van der Waals surface area contributed by atoms with E-state index >= 15 is 0 Å². The molecule has 0 aliphatic heterocycles. The third kappa shape index (κ3) is 4.47. The number of nitrogens with zero attached hydrogens (tertiary/aromatic N) is 1. The highest BCUT2D eigenvalue weighted by atomic mass is 16.6. The summed E-state index contributed by atoms with van der Waals surface area (Å²) in [6.07, 6.45) is 9.74. The maximum Gasteiger partial charge on any atom is 0.414 e. The van der Waals surface area contributed by atoms with E-state index in [-0.39, 0.29) is 18.6 Å². The molecule has 0 saturated heterocycles. The van der Waals surface area contributed by atoms with Gasteiger partial charge >= 0.3 is 6.09 Å². The van der Waals surface area contributed by atoms with Gasteiger partial charge in [-0.25, -0.2) is 9.78 Å². The van der Waals surface area contributed by atoms with Crippen LogP contribution < -0.4 is 10.1 Å². The number of amides is 1. The Morgan fingerprint density at radius 1 is 1.12 bits per heavy atom. The van der Waals surface area contributed by atoms with E-state index in [0.717, 1.165) is 31.4 Å². The van der Waals surface area contributed by atoms with Crippen LogP contribution >= 0.6 is 0 Å². The number of hydrogen-bond acceptors (Lipinski definition) is 4. The van der Waals surface area contributed by atoms with Gasteiger partial charge in [0.25, 0.3) is 0 Å². The molecule has 3 rings (SSSR count). The van der Waals surface area contributed by atoms with Gasteiger partial charge in [0.05, 0.1) is 0 Å². The molecule has 2 unspecified atom stereocenters. The first-order valence-electron chi connectivity index (χ1n) is 9.32. The molecule has 0 spiro atoms. The van der Waals surface area contributed by atoms with E-state index < -0.39 is 6.09 Å². The summed E-state index contributed by atoms with van der Waals surface area (Å²) in [5.41, 5.74) is 1.03. The highest BCUT2D eigenvalue weighted by Gasteiger charge is 2.26. The molecule has 1 amide bonds. The van der Waals surface area contributed by atoms with Gasteiger partial charge in [-0.2, -0.15) is 0 Å². The molecule has 2 aliphatic carbocycles. The molecule has 2 atom stereocenters. The van der Waals surface area contributed by atoms with Crippen LogP contribution in [0.2, 0.25) is 0 Å². The second-order valence-electron chi connectivity index (χ2n) is 7.10. The van der Waals surface area contributed by atoms with Crippen molar-refractivity contribution in [1.29, 1.82) is 0 Å². The fourth-order valence-corrected chi connectivity index (χ4v) is 4.01. The number of nitrogens with one attached hydrogen (secondary N) is 1. The molecular weight excluding hydrogens is 304 g/mol. The molecule has 0 radical (unpaired) electrons. The molecule has 5 nitrogen and oxygen atoms in total. The number of hydrogen-bond donors (Lipinski definition) is 2. The first kappa shape index (κ1) is 17.2. The molecular formula is C19H28N2O3. The van der Waals surface area contributed by atoms with Gasteiger partial charge in [-0.3, -0.25) is 0 Å². The molecule has 0 bridgehead atoms. The monoisotopic (exact) mass is 332 g/mol. The van der Waals surface area contributed by atoms with Gasteiger partial charge in [0.1, 0.15) is 0 Å². The lowest BCUT2D eigenvalue weighted by atomic mass is 9.85. The Balaban J connectivity index is 1.57. The third-order valence-electron chi connectivity index (χ3n) is 5.41. The minimum Gasteiger partial charge on any atom is -0.396 e. The summed E-state index contributed by atoms with van der Waals surface area (Å²) in [7, 11) is 0. The number of pyridine rings is 1. The summed E-state index contributed by atoms with van der Waals surface area (Å²) in [6.45, 7) is 0.111. The Bertz CT molecular complexity index is 543. The zero-order valence-electron chi connectivity index (χ0n) is 14.2. The van der Waals surface area contributed by atoms with E-state index in [0.29, 0.717) is 11.8 Å². The summed E-state index contributed by atoms with van der Waals surface area (Å²) >= 11 is 0. The van der Waals surface area contributed by atoms with Gasteiger partial charge in [0.2, 0.25) is 5.88 Å². The van der Waals surface area contributed by atoms with E-state index in [9.17, 15) is 9.90 Å². The smallest absolute Gasteiger partial charge is 0.396 e.